The van der Waals surface area contributed by atoms with Gasteiger partial charge < -0.3 is 5.32 Å². The summed E-state index contributed by atoms with van der Waals surface area (Å²) in [6, 6.07) is 1.08. The van der Waals surface area contributed by atoms with Crippen LogP contribution in [-0.2, 0) is 6.54 Å². The lowest BCUT2D eigenvalue weighted by molar-refractivity contribution is 0.362. The summed E-state index contributed by atoms with van der Waals surface area (Å²) in [6.45, 7) is 5.13. The van der Waals surface area contributed by atoms with Crippen molar-refractivity contribution in [3.63, 3.8) is 0 Å². The lowest BCUT2D eigenvalue weighted by Crippen LogP contribution is -2.31. The quantitative estimate of drug-likeness (QED) is 0.850. The van der Waals surface area contributed by atoms with E-state index in [1.807, 2.05) is 4.68 Å². The minimum atomic E-state index is 0.394. The van der Waals surface area contributed by atoms with Crippen LogP contribution in [0.5, 0.6) is 0 Å². The molecule has 0 unspecified atom stereocenters. The van der Waals surface area contributed by atoms with Gasteiger partial charge in [0.15, 0.2) is 0 Å². The Kier molecular flexibility index (Phi) is 3.93. The van der Waals surface area contributed by atoms with E-state index in [0.717, 1.165) is 12.4 Å². The molecule has 1 aliphatic carbocycles. The molecule has 1 N–H and O–H groups in total. The maximum absolute atomic E-state index is 4.31. The third-order valence-corrected chi connectivity index (χ3v) is 3.29. The fourth-order valence-electron chi connectivity index (χ4n) is 2.37. The van der Waals surface area contributed by atoms with E-state index in [-0.39, 0.29) is 0 Å². The van der Waals surface area contributed by atoms with Crippen molar-refractivity contribution in [1.29, 1.82) is 0 Å². The molecule has 1 aliphatic rings. The molecule has 0 atom stereocenters. The molecule has 4 nitrogen and oxygen atoms in total. The highest BCUT2D eigenvalue weighted by Gasteiger charge is 2.14. The van der Waals surface area contributed by atoms with Gasteiger partial charge in [0, 0.05) is 12.1 Å². The second-order valence-electron chi connectivity index (χ2n) is 4.93. The summed E-state index contributed by atoms with van der Waals surface area (Å²) < 4.78 is 2.00. The predicted molar refractivity (Wildman–Crippen MR) is 64.1 cm³/mol. The van der Waals surface area contributed by atoms with Crippen LogP contribution in [0.15, 0.2) is 6.33 Å². The van der Waals surface area contributed by atoms with E-state index in [2.05, 4.69) is 29.2 Å². The number of hydrogen-bond donors (Lipinski definition) is 1. The lowest BCUT2D eigenvalue weighted by Gasteiger charge is -2.22. The highest BCUT2D eigenvalue weighted by atomic mass is 15.4. The van der Waals surface area contributed by atoms with Crippen LogP contribution in [0.1, 0.15) is 57.8 Å². The van der Waals surface area contributed by atoms with Gasteiger partial charge in [0.05, 0.1) is 6.54 Å². The molecular formula is C12H22N4. The zero-order chi connectivity index (χ0) is 11.4. The first-order chi connectivity index (χ1) is 7.77. The summed E-state index contributed by atoms with van der Waals surface area (Å²) in [5.74, 6) is 1.06. The lowest BCUT2D eigenvalue weighted by atomic mass is 9.95. The molecule has 1 heterocycles. The normalized spacial score (nSPS) is 18.2. The Balaban J connectivity index is 1.86. The summed E-state index contributed by atoms with van der Waals surface area (Å²) in [5.41, 5.74) is 0. The number of nitrogens with zero attached hydrogens (tertiary/aromatic N) is 3. The minimum Gasteiger partial charge on any atom is -0.307 e. The van der Waals surface area contributed by atoms with Crippen LogP contribution in [0.25, 0.3) is 0 Å². The van der Waals surface area contributed by atoms with Crippen LogP contribution >= 0.6 is 0 Å². The van der Waals surface area contributed by atoms with E-state index in [9.17, 15) is 0 Å². The fourth-order valence-corrected chi connectivity index (χ4v) is 2.37. The molecule has 2 rings (SSSR count). The van der Waals surface area contributed by atoms with Gasteiger partial charge in [-0.05, 0) is 26.7 Å². The van der Waals surface area contributed by atoms with Crippen molar-refractivity contribution in [2.45, 2.75) is 64.6 Å². The third kappa shape index (κ3) is 2.82. The Bertz CT molecular complexity index is 313. The van der Waals surface area contributed by atoms with Crippen LogP contribution in [0.2, 0.25) is 0 Å². The van der Waals surface area contributed by atoms with Gasteiger partial charge in [0.2, 0.25) is 0 Å². The Morgan fingerprint density at radius 2 is 2.12 bits per heavy atom. The predicted octanol–water partition coefficient (Wildman–Crippen LogP) is 2.28. The van der Waals surface area contributed by atoms with Gasteiger partial charge in [-0.15, -0.1) is 0 Å². The molecule has 1 fully saturated rings. The summed E-state index contributed by atoms with van der Waals surface area (Å²) in [7, 11) is 0. The van der Waals surface area contributed by atoms with Crippen LogP contribution < -0.4 is 5.32 Å². The van der Waals surface area contributed by atoms with E-state index in [0.29, 0.717) is 12.1 Å². The molecule has 0 saturated heterocycles. The molecule has 0 aliphatic heterocycles. The van der Waals surface area contributed by atoms with Crippen LogP contribution in [0, 0.1) is 0 Å². The Labute approximate surface area is 97.5 Å². The molecule has 0 spiro atoms. The molecule has 0 amide bonds. The molecule has 0 aromatic carbocycles. The van der Waals surface area contributed by atoms with Gasteiger partial charge >= 0.3 is 0 Å². The minimum absolute atomic E-state index is 0.394. The fraction of sp³-hybridized carbons (Fsp3) is 0.833. The number of aromatic nitrogens is 3. The van der Waals surface area contributed by atoms with E-state index < -0.39 is 0 Å². The molecule has 1 aromatic rings. The Morgan fingerprint density at radius 1 is 1.38 bits per heavy atom. The Hall–Kier alpha value is -0.900. The molecular weight excluding hydrogens is 200 g/mol. The molecule has 16 heavy (non-hydrogen) atoms. The second kappa shape index (κ2) is 5.43. The molecule has 4 heteroatoms. The molecule has 1 saturated carbocycles. The average molecular weight is 222 g/mol. The van der Waals surface area contributed by atoms with E-state index in [1.165, 1.54) is 32.1 Å². The van der Waals surface area contributed by atoms with Gasteiger partial charge in [-0.25, -0.2) is 9.67 Å². The van der Waals surface area contributed by atoms with Crippen LogP contribution in [0.4, 0.5) is 0 Å². The van der Waals surface area contributed by atoms with Crippen molar-refractivity contribution in [3.05, 3.63) is 12.2 Å². The summed E-state index contributed by atoms with van der Waals surface area (Å²) in [5, 5.41) is 7.84. The SMILES string of the molecule is CC(C)n1ncnc1CNC1CCCCC1. The molecule has 1 aromatic heterocycles. The van der Waals surface area contributed by atoms with Crippen molar-refractivity contribution in [2.75, 3.05) is 0 Å². The van der Waals surface area contributed by atoms with Crippen molar-refractivity contribution in [3.8, 4) is 0 Å². The van der Waals surface area contributed by atoms with Gasteiger partial charge in [0.25, 0.3) is 0 Å². The van der Waals surface area contributed by atoms with Gasteiger partial charge in [-0.1, -0.05) is 19.3 Å². The van der Waals surface area contributed by atoms with Crippen molar-refractivity contribution in [2.24, 2.45) is 0 Å². The maximum Gasteiger partial charge on any atom is 0.141 e. The largest absolute Gasteiger partial charge is 0.307 e. The number of nitrogens with one attached hydrogen (secondary N) is 1. The summed E-state index contributed by atoms with van der Waals surface area (Å²) in [4.78, 5) is 4.31. The summed E-state index contributed by atoms with van der Waals surface area (Å²) >= 11 is 0. The van der Waals surface area contributed by atoms with Crippen LogP contribution in [-0.4, -0.2) is 20.8 Å². The average Bonchev–Trinajstić information content (AvgIpc) is 2.76. The number of hydrogen-bond acceptors (Lipinski definition) is 3. The first-order valence-electron chi connectivity index (χ1n) is 6.39. The first-order valence-corrected chi connectivity index (χ1v) is 6.39. The van der Waals surface area contributed by atoms with Gasteiger partial charge in [-0.3, -0.25) is 0 Å². The maximum atomic E-state index is 4.31. The molecule has 90 valence electrons. The smallest absolute Gasteiger partial charge is 0.141 e. The van der Waals surface area contributed by atoms with Crippen LogP contribution in [0.3, 0.4) is 0 Å². The van der Waals surface area contributed by atoms with Gasteiger partial charge in [0.1, 0.15) is 12.2 Å². The number of rotatable bonds is 4. The molecule has 0 bridgehead atoms. The Morgan fingerprint density at radius 3 is 2.81 bits per heavy atom. The zero-order valence-corrected chi connectivity index (χ0v) is 10.3. The van der Waals surface area contributed by atoms with E-state index >= 15 is 0 Å². The third-order valence-electron chi connectivity index (χ3n) is 3.29. The van der Waals surface area contributed by atoms with Gasteiger partial charge in [-0.2, -0.15) is 5.10 Å². The monoisotopic (exact) mass is 222 g/mol. The highest BCUT2D eigenvalue weighted by Crippen LogP contribution is 2.17. The van der Waals surface area contributed by atoms with E-state index in [1.54, 1.807) is 6.33 Å². The highest BCUT2D eigenvalue weighted by molar-refractivity contribution is 4.87. The van der Waals surface area contributed by atoms with Crippen molar-refractivity contribution in [1.82, 2.24) is 20.1 Å². The standard InChI is InChI=1S/C12H22N4/c1-10(2)16-12(14-9-15-16)8-13-11-6-4-3-5-7-11/h9-11,13H,3-8H2,1-2H3. The molecule has 0 radical (unpaired) electrons. The topological polar surface area (TPSA) is 42.7 Å². The van der Waals surface area contributed by atoms with Crippen molar-refractivity contribution < 1.29 is 0 Å². The van der Waals surface area contributed by atoms with E-state index in [4.69, 9.17) is 0 Å². The zero-order valence-electron chi connectivity index (χ0n) is 10.3. The summed E-state index contributed by atoms with van der Waals surface area (Å²) in [6.07, 6.45) is 8.42. The van der Waals surface area contributed by atoms with Crippen molar-refractivity contribution >= 4 is 0 Å². The first kappa shape index (κ1) is 11.6. The second-order valence-corrected chi connectivity index (χ2v) is 4.93.